The monoisotopic (exact) mass is 289 g/mol. The molecule has 0 saturated carbocycles. The van der Waals surface area contributed by atoms with Crippen molar-refractivity contribution in [3.8, 4) is 0 Å². The first-order valence-corrected chi connectivity index (χ1v) is 6.34. The second kappa shape index (κ2) is 8.20. The molecule has 0 atom stereocenters. The minimum Gasteiger partial charge on any atom is -0.479 e. The number of hydroxylamine groups is 1. The van der Waals surface area contributed by atoms with Gasteiger partial charge in [-0.05, 0) is 19.8 Å². The highest BCUT2D eigenvalue weighted by atomic mass is 16.7. The highest BCUT2D eigenvalue weighted by Crippen LogP contribution is 2.11. The van der Waals surface area contributed by atoms with Crippen LogP contribution in [0.2, 0.25) is 0 Å². The molecule has 1 rings (SSSR count). The summed E-state index contributed by atoms with van der Waals surface area (Å²) in [5.74, 6) is -1.17. The number of piperidine rings is 1. The molecule has 0 aromatic rings. The minimum absolute atomic E-state index is 0.0888. The second-order valence-corrected chi connectivity index (χ2v) is 4.22. The van der Waals surface area contributed by atoms with Gasteiger partial charge in [0.1, 0.15) is 0 Å². The van der Waals surface area contributed by atoms with Gasteiger partial charge in [-0.25, -0.2) is 19.9 Å². The van der Waals surface area contributed by atoms with Crippen molar-refractivity contribution in [2.75, 3.05) is 26.3 Å². The van der Waals surface area contributed by atoms with Gasteiger partial charge in [-0.1, -0.05) is 0 Å². The molecular formula is C11H19N3O6. The highest BCUT2D eigenvalue weighted by molar-refractivity contribution is 5.74. The molecule has 9 nitrogen and oxygen atoms in total. The number of likely N-dealkylation sites (tertiary alicyclic amines) is 1. The largest absolute Gasteiger partial charge is 0.479 e. The Kier molecular flexibility index (Phi) is 6.57. The fourth-order valence-corrected chi connectivity index (χ4v) is 1.80. The third-order valence-corrected chi connectivity index (χ3v) is 2.72. The summed E-state index contributed by atoms with van der Waals surface area (Å²) in [7, 11) is 0. The zero-order valence-corrected chi connectivity index (χ0v) is 11.3. The van der Waals surface area contributed by atoms with Gasteiger partial charge in [-0.3, -0.25) is 4.84 Å². The third kappa shape index (κ3) is 5.74. The lowest BCUT2D eigenvalue weighted by atomic mass is 10.1. The number of carboxylic acid groups (broad SMARTS) is 1. The van der Waals surface area contributed by atoms with Crippen molar-refractivity contribution in [3.05, 3.63) is 0 Å². The van der Waals surface area contributed by atoms with Crippen LogP contribution in [0.1, 0.15) is 19.8 Å². The molecule has 0 radical (unpaired) electrons. The second-order valence-electron chi connectivity index (χ2n) is 4.22. The lowest BCUT2D eigenvalue weighted by molar-refractivity contribution is -0.144. The van der Waals surface area contributed by atoms with Crippen molar-refractivity contribution in [2.24, 2.45) is 0 Å². The Balaban J connectivity index is 2.20. The molecule has 3 N–H and O–H groups in total. The standard InChI is InChI=1S/C11H19N3O6/c1-2-19-11(18)14-5-3-8(4-6-14)12-10(17)13-20-7-9(15)16/h8H,2-7H2,1H3,(H,15,16)(H2,12,13,17). The van der Waals surface area contributed by atoms with Crippen molar-refractivity contribution in [2.45, 2.75) is 25.8 Å². The van der Waals surface area contributed by atoms with Gasteiger partial charge in [-0.2, -0.15) is 0 Å². The molecule has 1 saturated heterocycles. The summed E-state index contributed by atoms with van der Waals surface area (Å²) in [6, 6.07) is -0.685. The van der Waals surface area contributed by atoms with Crippen molar-refractivity contribution in [3.63, 3.8) is 0 Å². The topological polar surface area (TPSA) is 117 Å². The number of carbonyl (C=O) groups excluding carboxylic acids is 2. The van der Waals surface area contributed by atoms with Gasteiger partial charge in [0.2, 0.25) is 0 Å². The molecule has 0 aromatic heterocycles. The normalized spacial score (nSPS) is 15.6. The van der Waals surface area contributed by atoms with Crippen molar-refractivity contribution in [1.82, 2.24) is 15.7 Å². The maximum atomic E-state index is 11.5. The van der Waals surface area contributed by atoms with Crippen LogP contribution in [-0.2, 0) is 14.4 Å². The average molecular weight is 289 g/mol. The Hall–Kier alpha value is -2.03. The van der Waals surface area contributed by atoms with Gasteiger partial charge in [0.25, 0.3) is 0 Å². The molecule has 0 aliphatic carbocycles. The third-order valence-electron chi connectivity index (χ3n) is 2.72. The lowest BCUT2D eigenvalue weighted by Gasteiger charge is -2.31. The minimum atomic E-state index is -1.17. The molecule has 1 aliphatic rings. The van der Waals surface area contributed by atoms with Gasteiger partial charge in [0.05, 0.1) is 6.61 Å². The Morgan fingerprint density at radius 3 is 2.50 bits per heavy atom. The van der Waals surface area contributed by atoms with E-state index in [0.29, 0.717) is 32.5 Å². The van der Waals surface area contributed by atoms with Gasteiger partial charge in [0.15, 0.2) is 6.61 Å². The summed E-state index contributed by atoms with van der Waals surface area (Å²) in [5, 5.41) is 11.0. The zero-order valence-electron chi connectivity index (χ0n) is 11.3. The van der Waals surface area contributed by atoms with E-state index in [2.05, 4.69) is 10.2 Å². The van der Waals surface area contributed by atoms with Crippen molar-refractivity contribution >= 4 is 18.1 Å². The van der Waals surface area contributed by atoms with Crippen LogP contribution in [0.3, 0.4) is 0 Å². The van der Waals surface area contributed by atoms with Gasteiger partial charge < -0.3 is 20.1 Å². The molecule has 0 unspecified atom stereocenters. The molecule has 0 bridgehead atoms. The number of ether oxygens (including phenoxy) is 1. The average Bonchev–Trinajstić information content (AvgIpc) is 2.39. The predicted octanol–water partition coefficient (Wildman–Crippen LogP) is -0.0773. The smallest absolute Gasteiger partial charge is 0.409 e. The van der Waals surface area contributed by atoms with Crippen LogP contribution in [0.15, 0.2) is 0 Å². The fourth-order valence-electron chi connectivity index (χ4n) is 1.80. The number of rotatable bonds is 5. The fraction of sp³-hybridized carbons (Fsp3) is 0.727. The molecule has 1 aliphatic heterocycles. The van der Waals surface area contributed by atoms with Crippen LogP contribution >= 0.6 is 0 Å². The predicted molar refractivity (Wildman–Crippen MR) is 66.9 cm³/mol. The lowest BCUT2D eigenvalue weighted by Crippen LogP contribution is -2.49. The van der Waals surface area contributed by atoms with E-state index >= 15 is 0 Å². The van der Waals surface area contributed by atoms with E-state index in [0.717, 1.165) is 0 Å². The number of aliphatic carboxylic acids is 1. The summed E-state index contributed by atoms with van der Waals surface area (Å²) in [4.78, 5) is 39.0. The van der Waals surface area contributed by atoms with Crippen LogP contribution in [0.5, 0.6) is 0 Å². The highest BCUT2D eigenvalue weighted by Gasteiger charge is 2.24. The van der Waals surface area contributed by atoms with E-state index < -0.39 is 18.6 Å². The number of carboxylic acids is 1. The summed E-state index contributed by atoms with van der Waals surface area (Å²) in [5.41, 5.74) is 1.98. The first-order chi connectivity index (χ1) is 9.52. The first kappa shape index (κ1) is 16.0. The zero-order chi connectivity index (χ0) is 15.0. The number of amides is 3. The summed E-state index contributed by atoms with van der Waals surface area (Å²) in [6.45, 7) is 2.47. The Bertz CT molecular complexity index is 354. The molecule has 1 heterocycles. The molecule has 0 spiro atoms. The van der Waals surface area contributed by atoms with E-state index in [1.54, 1.807) is 11.8 Å². The maximum Gasteiger partial charge on any atom is 0.409 e. The molecule has 20 heavy (non-hydrogen) atoms. The molecule has 9 heteroatoms. The summed E-state index contributed by atoms with van der Waals surface area (Å²) < 4.78 is 4.88. The van der Waals surface area contributed by atoms with E-state index in [1.807, 2.05) is 5.48 Å². The SMILES string of the molecule is CCOC(=O)N1CCC(NC(=O)NOCC(=O)O)CC1. The van der Waals surface area contributed by atoms with Gasteiger partial charge in [-0.15, -0.1) is 0 Å². The Morgan fingerprint density at radius 2 is 1.95 bits per heavy atom. The van der Waals surface area contributed by atoms with Crippen LogP contribution < -0.4 is 10.8 Å². The van der Waals surface area contributed by atoms with Gasteiger partial charge >= 0.3 is 18.1 Å². The van der Waals surface area contributed by atoms with E-state index in [-0.39, 0.29) is 12.1 Å². The summed E-state index contributed by atoms with van der Waals surface area (Å²) in [6.07, 6.45) is 0.858. The molecule has 0 aromatic carbocycles. The van der Waals surface area contributed by atoms with Crippen LogP contribution in [-0.4, -0.2) is 60.4 Å². The number of hydrogen-bond donors (Lipinski definition) is 3. The Labute approximate surface area is 116 Å². The molecule has 1 fully saturated rings. The van der Waals surface area contributed by atoms with Crippen molar-refractivity contribution < 1.29 is 29.1 Å². The number of hydrogen-bond acceptors (Lipinski definition) is 5. The van der Waals surface area contributed by atoms with Gasteiger partial charge in [0, 0.05) is 19.1 Å². The number of carbonyl (C=O) groups is 3. The van der Waals surface area contributed by atoms with Crippen LogP contribution in [0.4, 0.5) is 9.59 Å². The first-order valence-electron chi connectivity index (χ1n) is 6.34. The quantitative estimate of drug-likeness (QED) is 0.609. The molecule has 114 valence electrons. The number of nitrogens with zero attached hydrogens (tertiary/aromatic N) is 1. The van der Waals surface area contributed by atoms with E-state index in [4.69, 9.17) is 9.84 Å². The van der Waals surface area contributed by atoms with E-state index in [1.165, 1.54) is 0 Å². The van der Waals surface area contributed by atoms with Crippen LogP contribution in [0, 0.1) is 0 Å². The summed E-state index contributed by atoms with van der Waals surface area (Å²) >= 11 is 0. The molecule has 3 amide bonds. The van der Waals surface area contributed by atoms with Crippen LogP contribution in [0.25, 0.3) is 0 Å². The Morgan fingerprint density at radius 1 is 1.30 bits per heavy atom. The van der Waals surface area contributed by atoms with Crippen molar-refractivity contribution in [1.29, 1.82) is 0 Å². The molecular weight excluding hydrogens is 270 g/mol. The number of nitrogens with one attached hydrogen (secondary N) is 2. The van der Waals surface area contributed by atoms with E-state index in [9.17, 15) is 14.4 Å². The maximum absolute atomic E-state index is 11.5. The number of urea groups is 1.